The molecule has 0 spiro atoms. The van der Waals surface area contributed by atoms with Gasteiger partial charge in [-0.05, 0) is 36.2 Å². The average Bonchev–Trinajstić information content (AvgIpc) is 3.34. The Morgan fingerprint density at radius 2 is 1.68 bits per heavy atom. The minimum Gasteiger partial charge on any atom is 0 e. The number of hydrogen-bond donors (Lipinski definition) is 0. The molecule has 3 aromatic heterocycles. The summed E-state index contributed by atoms with van der Waals surface area (Å²) in [6.45, 7) is 8.30. The van der Waals surface area contributed by atoms with Crippen LogP contribution >= 0.6 is 0 Å². The van der Waals surface area contributed by atoms with Crippen molar-refractivity contribution in [2.24, 2.45) is 5.92 Å². The first kappa shape index (κ1) is 32.3. The Kier molecular flexibility index (Phi) is 10.5. The van der Waals surface area contributed by atoms with E-state index in [1.54, 1.807) is 6.07 Å². The van der Waals surface area contributed by atoms with Crippen LogP contribution in [0.5, 0.6) is 0 Å². The van der Waals surface area contributed by atoms with Crippen molar-refractivity contribution in [1.29, 1.82) is 0 Å². The van der Waals surface area contributed by atoms with Gasteiger partial charge in [0.1, 0.15) is 11.4 Å². The van der Waals surface area contributed by atoms with Gasteiger partial charge in [-0.2, -0.15) is 0 Å². The van der Waals surface area contributed by atoms with E-state index in [4.69, 9.17) is 5.79 Å². The van der Waals surface area contributed by atoms with Crippen molar-refractivity contribution >= 4 is 39.6 Å². The van der Waals surface area contributed by atoms with E-state index in [9.17, 15) is 4.39 Å². The van der Waals surface area contributed by atoms with Crippen molar-refractivity contribution in [1.82, 2.24) is 9.97 Å². The smallest absolute Gasteiger partial charge is 0 e. The minimum absolute atomic E-state index is 0. The fourth-order valence-electron chi connectivity index (χ4n) is 5.28. The van der Waals surface area contributed by atoms with E-state index < -0.39 is 19.2 Å². The van der Waals surface area contributed by atoms with Crippen LogP contribution in [-0.2, 0) is 26.5 Å². The van der Waals surface area contributed by atoms with E-state index in [0.717, 1.165) is 45.3 Å². The Balaban J connectivity index is 0.000000204. The zero-order chi connectivity index (χ0) is 31.6. The SMILES string of the molecule is CC(C)Cc1ccnc(-c2[c-]ccc3c2oc2cc(F)ccc23)c1.[2H]C(C)(C)c1cc(-c2[c-]cccc2)nc[c]1[Ge]([CH3])([CH3])[CH3].[Ir]. The summed E-state index contributed by atoms with van der Waals surface area (Å²) >= 11 is -2.03. The maximum absolute atomic E-state index is 13.5. The molecule has 0 N–H and O–H groups in total. The number of aromatic nitrogens is 2. The van der Waals surface area contributed by atoms with Gasteiger partial charge >= 0.3 is 120 Å². The molecule has 3 aromatic carbocycles. The van der Waals surface area contributed by atoms with Crippen LogP contribution in [0.3, 0.4) is 0 Å². The van der Waals surface area contributed by atoms with Crippen LogP contribution in [-0.4, -0.2) is 23.2 Å². The van der Waals surface area contributed by atoms with Gasteiger partial charge in [0.05, 0.1) is 5.58 Å². The molecule has 6 aromatic rings. The number of benzene rings is 3. The second kappa shape index (κ2) is 14.3. The molecule has 3 nitrogen and oxygen atoms in total. The first-order valence-electron chi connectivity index (χ1n) is 15.3. The Bertz CT molecular complexity index is 1910. The molecule has 0 aliphatic carbocycles. The largest absolute Gasteiger partial charge is 0 e. The molecule has 0 saturated heterocycles. The Labute approximate surface area is 278 Å². The zero-order valence-electron chi connectivity index (χ0n) is 27.4. The van der Waals surface area contributed by atoms with Crippen molar-refractivity contribution in [2.75, 3.05) is 0 Å². The summed E-state index contributed by atoms with van der Waals surface area (Å²) in [5.41, 5.74) is 7.15. The van der Waals surface area contributed by atoms with Gasteiger partial charge in [0, 0.05) is 37.8 Å². The molecule has 229 valence electrons. The van der Waals surface area contributed by atoms with E-state index >= 15 is 0 Å². The molecule has 0 fully saturated rings. The van der Waals surface area contributed by atoms with Crippen LogP contribution in [0.2, 0.25) is 17.3 Å². The van der Waals surface area contributed by atoms with Gasteiger partial charge in [0.15, 0.2) is 0 Å². The molecule has 0 saturated carbocycles. The van der Waals surface area contributed by atoms with E-state index in [1.165, 1.54) is 22.1 Å². The molecule has 0 unspecified atom stereocenters. The van der Waals surface area contributed by atoms with Crippen LogP contribution in [0, 0.1) is 23.9 Å². The van der Waals surface area contributed by atoms with Gasteiger partial charge in [0.2, 0.25) is 0 Å². The maximum atomic E-state index is 13.5. The van der Waals surface area contributed by atoms with Gasteiger partial charge in [0.25, 0.3) is 0 Å². The molecule has 3 heterocycles. The van der Waals surface area contributed by atoms with E-state index in [-0.39, 0.29) is 25.9 Å². The molecule has 0 aliphatic heterocycles. The molecule has 44 heavy (non-hydrogen) atoms. The molecule has 6 rings (SSSR count). The Morgan fingerprint density at radius 1 is 0.886 bits per heavy atom. The molecular weight excluding hydrogens is 784 g/mol. The topological polar surface area (TPSA) is 38.9 Å². The Hall–Kier alpha value is -3.12. The van der Waals surface area contributed by atoms with Crippen molar-refractivity contribution in [3.8, 4) is 22.5 Å². The van der Waals surface area contributed by atoms with Crippen molar-refractivity contribution < 1.29 is 30.3 Å². The number of fused-ring (bicyclic) bond motifs is 3. The number of rotatable bonds is 6. The first-order chi connectivity index (χ1) is 20.8. The summed E-state index contributed by atoms with van der Waals surface area (Å²) in [7, 11) is 0. The average molecular weight is 825 g/mol. The summed E-state index contributed by atoms with van der Waals surface area (Å²) < 4.78 is 29.2. The van der Waals surface area contributed by atoms with Crippen LogP contribution in [0.1, 0.15) is 46.1 Å². The quantitative estimate of drug-likeness (QED) is 0.124. The molecule has 0 amide bonds. The van der Waals surface area contributed by atoms with Crippen LogP contribution in [0.25, 0.3) is 44.5 Å². The standard InChI is InChI=1S/C21H17FNO.C17H22GeN.Ir/c1-13(2)10-14-8-9-23-19(11-14)18-5-3-4-17-16-7-6-15(22)12-20(16)24-21(17)18;1-13(2)15-11-17(14-9-7-6-8-10-14)19-12-16(15)18(3,4)5;/h3-4,6-9,11-13H,10H2,1-2H3;6-9,11-13H,1-5H3;/q2*-1;/i;13D;. The van der Waals surface area contributed by atoms with Gasteiger partial charge < -0.3 is 9.40 Å². The number of hydrogen-bond acceptors (Lipinski definition) is 3. The van der Waals surface area contributed by atoms with Crippen molar-refractivity contribution in [3.63, 3.8) is 0 Å². The third kappa shape index (κ3) is 7.74. The molecule has 0 bridgehead atoms. The van der Waals surface area contributed by atoms with Crippen LogP contribution in [0.4, 0.5) is 4.39 Å². The summed E-state index contributed by atoms with van der Waals surface area (Å²) in [6, 6.07) is 29.0. The molecule has 1 radical (unpaired) electrons. The molecule has 0 atom stereocenters. The second-order valence-electron chi connectivity index (χ2n) is 12.6. The number of nitrogens with zero attached hydrogens (tertiary/aromatic N) is 2. The predicted molar refractivity (Wildman–Crippen MR) is 180 cm³/mol. The summed E-state index contributed by atoms with van der Waals surface area (Å²) in [5.74, 6) is 6.72. The van der Waals surface area contributed by atoms with E-state index in [1.807, 2.05) is 68.7 Å². The van der Waals surface area contributed by atoms with E-state index in [2.05, 4.69) is 65.3 Å². The third-order valence-corrected chi connectivity index (χ3v) is 11.6. The zero-order valence-corrected chi connectivity index (χ0v) is 30.9. The van der Waals surface area contributed by atoms with Crippen molar-refractivity contribution in [3.05, 3.63) is 114 Å². The normalized spacial score (nSPS) is 12.1. The van der Waals surface area contributed by atoms with Gasteiger partial charge in [-0.15, -0.1) is 18.2 Å². The fourth-order valence-corrected chi connectivity index (χ4v) is 8.60. The minimum atomic E-state index is -2.03. The van der Waals surface area contributed by atoms with E-state index in [0.29, 0.717) is 17.1 Å². The summed E-state index contributed by atoms with van der Waals surface area (Å²) in [4.78, 5) is 9.11. The summed E-state index contributed by atoms with van der Waals surface area (Å²) in [6.07, 6.45) is 4.82. The number of halogens is 1. The maximum Gasteiger partial charge on any atom is 0 e. The van der Waals surface area contributed by atoms with Crippen LogP contribution < -0.4 is 4.40 Å². The third-order valence-electron chi connectivity index (χ3n) is 7.36. The van der Waals surface area contributed by atoms with Crippen molar-refractivity contribution in [2.45, 2.75) is 57.3 Å². The monoisotopic (exact) mass is 826 g/mol. The molecule has 0 aliphatic rings. The summed E-state index contributed by atoms with van der Waals surface area (Å²) in [5, 5.41) is 1.86. The first-order valence-corrected chi connectivity index (χ1v) is 22.1. The number of furan rings is 1. The molecule has 6 heteroatoms. The van der Waals surface area contributed by atoms with Gasteiger partial charge in [-0.3, -0.25) is 0 Å². The fraction of sp³-hybridized carbons (Fsp3) is 0.263. The predicted octanol–water partition coefficient (Wildman–Crippen LogP) is 10.0. The van der Waals surface area contributed by atoms with Gasteiger partial charge in [-0.1, -0.05) is 36.4 Å². The second-order valence-corrected chi connectivity index (χ2v) is 23.2. The number of pyridine rings is 2. The molecular formula is C38H39FGeIrN2O-2. The van der Waals surface area contributed by atoms with Gasteiger partial charge in [-0.25, -0.2) is 4.39 Å². The Morgan fingerprint density at radius 3 is 2.36 bits per heavy atom. The van der Waals surface area contributed by atoms with Crippen LogP contribution in [0.15, 0.2) is 89.6 Å².